The molecular formula is C29H33N7O2. The summed E-state index contributed by atoms with van der Waals surface area (Å²) in [6.07, 6.45) is 6.23. The normalized spacial score (nSPS) is 13.8. The van der Waals surface area contributed by atoms with E-state index in [2.05, 4.69) is 50.6 Å². The molecule has 0 unspecified atom stereocenters. The van der Waals surface area contributed by atoms with Gasteiger partial charge in [-0.1, -0.05) is 25.1 Å². The highest BCUT2D eigenvalue weighted by molar-refractivity contribution is 5.99. The van der Waals surface area contributed by atoms with Gasteiger partial charge in [-0.3, -0.25) is 9.69 Å². The Balaban J connectivity index is 1.44. The molecule has 38 heavy (non-hydrogen) atoms. The monoisotopic (exact) mass is 511 g/mol. The Hall–Kier alpha value is -4.37. The minimum Gasteiger partial charge on any atom is -0.495 e. The number of benzene rings is 2. The molecule has 2 aromatic rings. The van der Waals surface area contributed by atoms with Crippen molar-refractivity contribution in [2.45, 2.75) is 26.7 Å². The minimum absolute atomic E-state index is 0.388. The number of fused-ring (bicyclic) bond motifs is 1. The van der Waals surface area contributed by atoms with Crippen molar-refractivity contribution in [1.82, 2.24) is 19.9 Å². The van der Waals surface area contributed by atoms with Crippen LogP contribution in [0.4, 0.5) is 23.1 Å². The topological polar surface area (TPSA) is 121 Å². The standard InChI is InChI=1S/C29H33N7O2/c1-4-13-36-14-5-6-20(17-36)19-8-10-23(25(16-19)38-3)33-29-34-27-22(11-12-31-27)28(35-29)32-24-15-18(2)7-9-21(24)26(30)37/h6-12,15-16H,4-5,13-14,17H2,1-3H3,(H2,30,37)(H3,31,32,33,34,35). The predicted octanol–water partition coefficient (Wildman–Crippen LogP) is 5.31. The SMILES string of the molecule is CCCN1CCC=C(c2ccc(Nc3nc(Nc4cc(C)ccc4C(N)=O)c4ccnc-4[nH]3)c(OC)c2)C1. The molecule has 3 aliphatic rings. The summed E-state index contributed by atoms with van der Waals surface area (Å²) in [5.41, 5.74) is 11.6. The van der Waals surface area contributed by atoms with Crippen LogP contribution in [0.15, 0.2) is 54.7 Å². The van der Waals surface area contributed by atoms with E-state index in [1.165, 1.54) is 5.57 Å². The lowest BCUT2D eigenvalue weighted by Crippen LogP contribution is -2.30. The molecule has 5 N–H and O–H groups in total. The molecule has 9 nitrogen and oxygen atoms in total. The molecule has 9 heteroatoms. The lowest BCUT2D eigenvalue weighted by molar-refractivity contribution is 0.100. The van der Waals surface area contributed by atoms with Crippen molar-refractivity contribution >= 4 is 34.6 Å². The number of H-pyrrole nitrogens is 1. The smallest absolute Gasteiger partial charge is 0.250 e. The molecule has 3 heterocycles. The van der Waals surface area contributed by atoms with Crippen LogP contribution >= 0.6 is 0 Å². The molecule has 0 bridgehead atoms. The second-order valence-electron chi connectivity index (χ2n) is 9.51. The molecule has 0 aliphatic carbocycles. The average Bonchev–Trinajstić information content (AvgIpc) is 3.38. The number of aryl methyl sites for hydroxylation is 1. The van der Waals surface area contributed by atoms with Gasteiger partial charge in [0.15, 0.2) is 0 Å². The first kappa shape index (κ1) is 25.3. The maximum Gasteiger partial charge on any atom is 0.250 e. The molecule has 0 spiro atoms. The Morgan fingerprint density at radius 1 is 1.16 bits per heavy atom. The van der Waals surface area contributed by atoms with Gasteiger partial charge in [0.05, 0.1) is 29.6 Å². The molecule has 0 aromatic heterocycles. The number of methoxy groups -OCH3 is 1. The lowest BCUT2D eigenvalue weighted by atomic mass is 10.00. The Bertz CT molecular complexity index is 1460. The largest absolute Gasteiger partial charge is 0.495 e. The van der Waals surface area contributed by atoms with Crippen LogP contribution in [0.5, 0.6) is 5.75 Å². The zero-order valence-corrected chi connectivity index (χ0v) is 22.0. The number of nitrogens with two attached hydrogens (primary N) is 1. The average molecular weight is 512 g/mol. The van der Waals surface area contributed by atoms with Gasteiger partial charge < -0.3 is 26.1 Å². The van der Waals surface area contributed by atoms with E-state index < -0.39 is 5.91 Å². The highest BCUT2D eigenvalue weighted by Gasteiger charge is 2.19. The van der Waals surface area contributed by atoms with Crippen molar-refractivity contribution < 1.29 is 9.53 Å². The van der Waals surface area contributed by atoms with Gasteiger partial charge in [0.1, 0.15) is 17.4 Å². The molecule has 0 radical (unpaired) electrons. The molecule has 2 aromatic carbocycles. The first-order valence-corrected chi connectivity index (χ1v) is 12.8. The third kappa shape index (κ3) is 5.33. The minimum atomic E-state index is -0.513. The first-order valence-electron chi connectivity index (χ1n) is 12.8. The van der Waals surface area contributed by atoms with Crippen LogP contribution in [-0.4, -0.2) is 52.5 Å². The number of amides is 1. The van der Waals surface area contributed by atoms with Gasteiger partial charge in [0.25, 0.3) is 5.91 Å². The maximum absolute atomic E-state index is 12.0. The lowest BCUT2D eigenvalue weighted by Gasteiger charge is -2.27. The van der Waals surface area contributed by atoms with Gasteiger partial charge in [0.2, 0.25) is 5.95 Å². The number of nitrogens with zero attached hydrogens (tertiary/aromatic N) is 3. The Morgan fingerprint density at radius 3 is 2.82 bits per heavy atom. The second kappa shape index (κ2) is 10.9. The van der Waals surface area contributed by atoms with Crippen molar-refractivity contribution in [3.63, 3.8) is 0 Å². The molecule has 0 saturated carbocycles. The van der Waals surface area contributed by atoms with Crippen LogP contribution in [0.3, 0.4) is 0 Å². The third-order valence-corrected chi connectivity index (χ3v) is 6.70. The number of nitrogens with one attached hydrogen (secondary N) is 3. The Kier molecular flexibility index (Phi) is 7.28. The fraction of sp³-hybridized carbons (Fsp3) is 0.276. The van der Waals surface area contributed by atoms with E-state index in [0.717, 1.165) is 54.9 Å². The van der Waals surface area contributed by atoms with Crippen LogP contribution < -0.4 is 21.1 Å². The van der Waals surface area contributed by atoms with Crippen molar-refractivity contribution in [2.24, 2.45) is 5.73 Å². The quantitative estimate of drug-likeness (QED) is 0.240. The van der Waals surface area contributed by atoms with E-state index in [1.807, 2.05) is 31.2 Å². The molecule has 0 saturated heterocycles. The molecule has 196 valence electrons. The zero-order chi connectivity index (χ0) is 26.6. The van der Waals surface area contributed by atoms with E-state index in [0.29, 0.717) is 34.6 Å². The number of rotatable bonds is 9. The summed E-state index contributed by atoms with van der Waals surface area (Å²) >= 11 is 0. The number of hydrogen-bond donors (Lipinski definition) is 4. The highest BCUT2D eigenvalue weighted by atomic mass is 16.5. The third-order valence-electron chi connectivity index (χ3n) is 6.70. The summed E-state index contributed by atoms with van der Waals surface area (Å²) in [6, 6.07) is 13.5. The summed E-state index contributed by atoms with van der Waals surface area (Å²) in [4.78, 5) is 26.9. The van der Waals surface area contributed by atoms with Crippen LogP contribution in [0.1, 0.15) is 41.3 Å². The van der Waals surface area contributed by atoms with E-state index >= 15 is 0 Å². The number of carbonyl (C=O) groups is 1. The molecule has 0 atom stereocenters. The zero-order valence-electron chi connectivity index (χ0n) is 22.0. The number of carbonyl (C=O) groups excluding carboxylic acids is 1. The summed E-state index contributed by atoms with van der Waals surface area (Å²) in [5, 5.41) is 6.64. The van der Waals surface area contributed by atoms with Crippen LogP contribution in [-0.2, 0) is 0 Å². The summed E-state index contributed by atoms with van der Waals surface area (Å²) in [7, 11) is 1.66. The molecule has 1 amide bonds. The fourth-order valence-corrected chi connectivity index (χ4v) is 4.84. The van der Waals surface area contributed by atoms with Crippen LogP contribution in [0, 0.1) is 6.92 Å². The predicted molar refractivity (Wildman–Crippen MR) is 152 cm³/mol. The van der Waals surface area contributed by atoms with Gasteiger partial charge in [-0.15, -0.1) is 0 Å². The van der Waals surface area contributed by atoms with Crippen molar-refractivity contribution in [2.75, 3.05) is 37.4 Å². The number of aromatic nitrogens is 3. The van der Waals surface area contributed by atoms with E-state index in [9.17, 15) is 4.79 Å². The van der Waals surface area contributed by atoms with Crippen molar-refractivity contribution in [3.05, 3.63) is 71.4 Å². The van der Waals surface area contributed by atoms with E-state index in [-0.39, 0.29) is 0 Å². The molecular weight excluding hydrogens is 478 g/mol. The number of anilines is 4. The van der Waals surface area contributed by atoms with Crippen LogP contribution in [0.2, 0.25) is 0 Å². The van der Waals surface area contributed by atoms with E-state index in [1.54, 1.807) is 19.4 Å². The summed E-state index contributed by atoms with van der Waals surface area (Å²) in [5.74, 6) is 1.87. The number of aromatic amines is 1. The molecule has 0 fully saturated rings. The highest BCUT2D eigenvalue weighted by Crippen LogP contribution is 2.35. The maximum atomic E-state index is 12.0. The van der Waals surface area contributed by atoms with Crippen LogP contribution in [0.25, 0.3) is 17.0 Å². The molecule has 3 aliphatic heterocycles. The van der Waals surface area contributed by atoms with Gasteiger partial charge in [-0.05, 0) is 73.3 Å². The fourth-order valence-electron chi connectivity index (χ4n) is 4.84. The summed E-state index contributed by atoms with van der Waals surface area (Å²) in [6.45, 7) is 7.32. The number of hydrogen-bond acceptors (Lipinski definition) is 7. The Morgan fingerprint density at radius 2 is 2.03 bits per heavy atom. The van der Waals surface area contributed by atoms with Gasteiger partial charge in [-0.2, -0.15) is 4.98 Å². The molecule has 5 rings (SSSR count). The van der Waals surface area contributed by atoms with Crippen molar-refractivity contribution in [1.29, 1.82) is 0 Å². The number of primary amides is 1. The Labute approximate surface area is 222 Å². The van der Waals surface area contributed by atoms with Gasteiger partial charge >= 0.3 is 0 Å². The van der Waals surface area contributed by atoms with E-state index in [4.69, 9.17) is 15.5 Å². The summed E-state index contributed by atoms with van der Waals surface area (Å²) < 4.78 is 5.75. The first-order chi connectivity index (χ1) is 18.4. The number of ether oxygens (including phenoxy) is 1. The second-order valence-corrected chi connectivity index (χ2v) is 9.51. The van der Waals surface area contributed by atoms with Gasteiger partial charge in [0, 0.05) is 19.3 Å². The van der Waals surface area contributed by atoms with Crippen molar-refractivity contribution in [3.8, 4) is 17.1 Å². The van der Waals surface area contributed by atoms with Gasteiger partial charge in [-0.25, -0.2) is 4.98 Å².